The number of halogens is 1. The fraction of sp³-hybridized carbons (Fsp3) is 0.500. The topological polar surface area (TPSA) is 15.3 Å². The van der Waals surface area contributed by atoms with E-state index in [9.17, 15) is 0 Å². The molecule has 4 heteroatoms. The lowest BCUT2D eigenvalue weighted by atomic mass is 9.98. The number of likely N-dealkylation sites (tertiary alicyclic amines) is 1. The molecule has 0 saturated carbocycles. The van der Waals surface area contributed by atoms with Crippen molar-refractivity contribution in [3.63, 3.8) is 0 Å². The highest BCUT2D eigenvalue weighted by Crippen LogP contribution is 2.36. The van der Waals surface area contributed by atoms with Crippen LogP contribution < -0.4 is 5.32 Å². The van der Waals surface area contributed by atoms with Gasteiger partial charge in [0.1, 0.15) is 0 Å². The smallest absolute Gasteiger partial charge is 0.0637 e. The number of nitrogens with one attached hydrogen (secondary N) is 1. The lowest BCUT2D eigenvalue weighted by Crippen LogP contribution is -2.38. The SMILES string of the molecule is CNCC1CCCN(Cc2sc3ccccc3c2Cl)C1. The highest BCUT2D eigenvalue weighted by molar-refractivity contribution is 7.19. The van der Waals surface area contributed by atoms with Crippen molar-refractivity contribution in [3.8, 4) is 0 Å². The molecule has 1 N–H and O–H groups in total. The summed E-state index contributed by atoms with van der Waals surface area (Å²) in [4.78, 5) is 3.88. The molecule has 0 amide bonds. The first-order valence-electron chi connectivity index (χ1n) is 7.31. The molecular formula is C16H21ClN2S. The molecule has 1 aromatic carbocycles. The first kappa shape index (κ1) is 14.3. The van der Waals surface area contributed by atoms with Gasteiger partial charge in [0.2, 0.25) is 0 Å². The fourth-order valence-corrected chi connectivity index (χ4v) is 4.65. The van der Waals surface area contributed by atoms with Gasteiger partial charge in [0.15, 0.2) is 0 Å². The largest absolute Gasteiger partial charge is 0.319 e. The van der Waals surface area contributed by atoms with Crippen LogP contribution in [0.5, 0.6) is 0 Å². The predicted octanol–water partition coefficient (Wildman–Crippen LogP) is 3.99. The average Bonchev–Trinajstić information content (AvgIpc) is 2.77. The van der Waals surface area contributed by atoms with Crippen molar-refractivity contribution in [2.75, 3.05) is 26.7 Å². The van der Waals surface area contributed by atoms with Crippen molar-refractivity contribution >= 4 is 33.0 Å². The molecule has 20 heavy (non-hydrogen) atoms. The van der Waals surface area contributed by atoms with Crippen molar-refractivity contribution in [1.29, 1.82) is 0 Å². The molecule has 0 bridgehead atoms. The minimum absolute atomic E-state index is 0.780. The Balaban J connectivity index is 1.74. The Morgan fingerprint density at radius 3 is 3.05 bits per heavy atom. The van der Waals surface area contributed by atoms with E-state index in [-0.39, 0.29) is 0 Å². The highest BCUT2D eigenvalue weighted by Gasteiger charge is 2.21. The second kappa shape index (κ2) is 6.44. The van der Waals surface area contributed by atoms with E-state index < -0.39 is 0 Å². The Hall–Kier alpha value is -0.610. The van der Waals surface area contributed by atoms with Gasteiger partial charge in [-0.3, -0.25) is 4.90 Å². The number of fused-ring (bicyclic) bond motifs is 1. The van der Waals surface area contributed by atoms with Crippen LogP contribution in [0.1, 0.15) is 17.7 Å². The number of piperidine rings is 1. The zero-order valence-corrected chi connectivity index (χ0v) is 13.4. The van der Waals surface area contributed by atoms with Gasteiger partial charge in [0.25, 0.3) is 0 Å². The van der Waals surface area contributed by atoms with Crippen LogP contribution in [0.4, 0.5) is 0 Å². The van der Waals surface area contributed by atoms with Gasteiger partial charge in [-0.25, -0.2) is 0 Å². The third-order valence-corrected chi connectivity index (χ3v) is 5.76. The molecule has 1 aliphatic rings. The summed E-state index contributed by atoms with van der Waals surface area (Å²) < 4.78 is 1.30. The van der Waals surface area contributed by atoms with Gasteiger partial charge < -0.3 is 5.32 Å². The van der Waals surface area contributed by atoms with Crippen molar-refractivity contribution in [1.82, 2.24) is 10.2 Å². The molecule has 1 fully saturated rings. The number of nitrogens with zero attached hydrogens (tertiary/aromatic N) is 1. The van der Waals surface area contributed by atoms with Gasteiger partial charge in [0.05, 0.1) is 5.02 Å². The Labute approximate surface area is 129 Å². The molecule has 108 valence electrons. The van der Waals surface area contributed by atoms with Crippen LogP contribution in [0.25, 0.3) is 10.1 Å². The summed E-state index contributed by atoms with van der Waals surface area (Å²) >= 11 is 8.39. The molecule has 1 saturated heterocycles. The van der Waals surface area contributed by atoms with E-state index in [1.807, 2.05) is 18.4 Å². The number of rotatable bonds is 4. The monoisotopic (exact) mass is 308 g/mol. The summed E-state index contributed by atoms with van der Waals surface area (Å²) in [5.74, 6) is 0.780. The van der Waals surface area contributed by atoms with Crippen LogP contribution in [-0.4, -0.2) is 31.6 Å². The molecule has 1 unspecified atom stereocenters. The lowest BCUT2D eigenvalue weighted by Gasteiger charge is -2.32. The summed E-state index contributed by atoms with van der Waals surface area (Å²) in [7, 11) is 2.04. The van der Waals surface area contributed by atoms with E-state index in [1.165, 1.54) is 40.9 Å². The molecule has 2 nitrogen and oxygen atoms in total. The van der Waals surface area contributed by atoms with Gasteiger partial charge in [-0.1, -0.05) is 29.8 Å². The standard InChI is InChI=1S/C16H21ClN2S/c1-18-9-12-5-4-8-19(10-12)11-15-16(17)13-6-2-3-7-14(13)20-15/h2-3,6-7,12,18H,4-5,8-11H2,1H3. The van der Waals surface area contributed by atoms with E-state index in [2.05, 4.69) is 34.5 Å². The third-order valence-electron chi connectivity index (χ3n) is 4.06. The number of thiophene rings is 1. The molecule has 2 aromatic rings. The quantitative estimate of drug-likeness (QED) is 0.919. The van der Waals surface area contributed by atoms with Gasteiger partial charge >= 0.3 is 0 Å². The zero-order chi connectivity index (χ0) is 13.9. The highest BCUT2D eigenvalue weighted by atomic mass is 35.5. The van der Waals surface area contributed by atoms with Crippen LogP contribution in [0.2, 0.25) is 5.02 Å². The molecule has 0 spiro atoms. The summed E-state index contributed by atoms with van der Waals surface area (Å²) in [5, 5.41) is 5.47. The molecular weight excluding hydrogens is 288 g/mol. The number of benzene rings is 1. The van der Waals surface area contributed by atoms with Gasteiger partial charge in [-0.05, 0) is 45.0 Å². The molecule has 1 aliphatic heterocycles. The van der Waals surface area contributed by atoms with E-state index in [0.717, 1.165) is 24.0 Å². The maximum atomic E-state index is 6.55. The molecule has 0 aliphatic carbocycles. The fourth-order valence-electron chi connectivity index (χ4n) is 3.12. The number of hydrogen-bond donors (Lipinski definition) is 1. The molecule has 3 rings (SSSR count). The first-order valence-corrected chi connectivity index (χ1v) is 8.50. The maximum Gasteiger partial charge on any atom is 0.0637 e. The molecule has 2 heterocycles. The molecule has 1 aromatic heterocycles. The van der Waals surface area contributed by atoms with Gasteiger partial charge in [-0.15, -0.1) is 11.3 Å². The normalized spacial score (nSPS) is 20.6. The minimum atomic E-state index is 0.780. The maximum absolute atomic E-state index is 6.55. The lowest BCUT2D eigenvalue weighted by molar-refractivity contribution is 0.168. The summed E-state index contributed by atoms with van der Waals surface area (Å²) in [5.41, 5.74) is 0. The van der Waals surface area contributed by atoms with E-state index in [4.69, 9.17) is 11.6 Å². The van der Waals surface area contributed by atoms with Crippen molar-refractivity contribution < 1.29 is 0 Å². The van der Waals surface area contributed by atoms with Crippen LogP contribution >= 0.6 is 22.9 Å². The summed E-state index contributed by atoms with van der Waals surface area (Å²) in [6, 6.07) is 8.43. The Bertz CT molecular complexity index is 579. The Morgan fingerprint density at radius 2 is 2.25 bits per heavy atom. The van der Waals surface area contributed by atoms with Crippen LogP contribution in [0.3, 0.4) is 0 Å². The summed E-state index contributed by atoms with van der Waals surface area (Å²) in [6.07, 6.45) is 2.65. The van der Waals surface area contributed by atoms with E-state index in [1.54, 1.807) is 0 Å². The predicted molar refractivity (Wildman–Crippen MR) is 88.8 cm³/mol. The minimum Gasteiger partial charge on any atom is -0.319 e. The van der Waals surface area contributed by atoms with Crippen LogP contribution in [-0.2, 0) is 6.54 Å². The number of hydrogen-bond acceptors (Lipinski definition) is 3. The van der Waals surface area contributed by atoms with Gasteiger partial charge in [0, 0.05) is 28.1 Å². The van der Waals surface area contributed by atoms with Crippen molar-refractivity contribution in [2.24, 2.45) is 5.92 Å². The summed E-state index contributed by atoms with van der Waals surface area (Å²) in [6.45, 7) is 4.51. The molecule has 0 radical (unpaired) electrons. The Kier molecular flexibility index (Phi) is 4.61. The second-order valence-corrected chi connectivity index (χ2v) is 7.15. The average molecular weight is 309 g/mol. The van der Waals surface area contributed by atoms with Gasteiger partial charge in [-0.2, -0.15) is 0 Å². The van der Waals surface area contributed by atoms with E-state index >= 15 is 0 Å². The van der Waals surface area contributed by atoms with Crippen molar-refractivity contribution in [3.05, 3.63) is 34.2 Å². The first-order chi connectivity index (χ1) is 9.78. The van der Waals surface area contributed by atoms with E-state index in [0.29, 0.717) is 0 Å². The zero-order valence-electron chi connectivity index (χ0n) is 11.9. The molecule has 1 atom stereocenters. The second-order valence-electron chi connectivity index (χ2n) is 5.64. The Morgan fingerprint density at radius 1 is 1.40 bits per heavy atom. The van der Waals surface area contributed by atoms with Crippen LogP contribution in [0, 0.1) is 5.92 Å². The third kappa shape index (κ3) is 3.01. The van der Waals surface area contributed by atoms with Crippen molar-refractivity contribution in [2.45, 2.75) is 19.4 Å². The van der Waals surface area contributed by atoms with Crippen LogP contribution in [0.15, 0.2) is 24.3 Å².